The van der Waals surface area contributed by atoms with Gasteiger partial charge in [-0.05, 0) is 5.56 Å². The van der Waals surface area contributed by atoms with E-state index in [4.69, 9.17) is 10.5 Å². The lowest BCUT2D eigenvalue weighted by Gasteiger charge is -2.10. The van der Waals surface area contributed by atoms with E-state index in [1.54, 1.807) is 30.3 Å². The minimum absolute atomic E-state index is 0.135. The smallest absolute Gasteiger partial charge is 0.480 e. The Morgan fingerprint density at radius 3 is 2.33 bits per heavy atom. The van der Waals surface area contributed by atoms with Crippen molar-refractivity contribution in [2.45, 2.75) is 6.30 Å². The average molecular weight is 257 g/mol. The molecule has 2 rings (SSSR count). The first kappa shape index (κ1) is 12.3. The standard InChI is InChI=1S/C11H10F3N3O/c1-18-10-8(7-5-3-2-4-6-7)9(15)16-17(10)11(12,13)14/h2-6H,1H3,(H2,15,16). The van der Waals surface area contributed by atoms with E-state index in [0.717, 1.165) is 7.11 Å². The van der Waals surface area contributed by atoms with E-state index in [9.17, 15) is 13.2 Å². The number of halogens is 3. The Hall–Kier alpha value is -2.18. The van der Waals surface area contributed by atoms with Crippen molar-refractivity contribution < 1.29 is 17.9 Å². The van der Waals surface area contributed by atoms with Gasteiger partial charge in [0.25, 0.3) is 0 Å². The van der Waals surface area contributed by atoms with Crippen molar-refractivity contribution in [2.24, 2.45) is 0 Å². The van der Waals surface area contributed by atoms with Gasteiger partial charge in [-0.2, -0.15) is 0 Å². The highest BCUT2D eigenvalue weighted by molar-refractivity contribution is 5.78. The minimum Gasteiger partial charge on any atom is -0.480 e. The number of hydrogen-bond donors (Lipinski definition) is 1. The zero-order chi connectivity index (χ0) is 13.3. The molecule has 0 saturated carbocycles. The molecule has 0 saturated heterocycles. The lowest BCUT2D eigenvalue weighted by molar-refractivity contribution is -0.214. The molecule has 0 aliphatic heterocycles. The first-order chi connectivity index (χ1) is 8.45. The molecule has 0 atom stereocenters. The molecule has 1 aromatic heterocycles. The summed E-state index contributed by atoms with van der Waals surface area (Å²) in [5.41, 5.74) is 6.19. The van der Waals surface area contributed by atoms with Gasteiger partial charge in [0, 0.05) is 0 Å². The lowest BCUT2D eigenvalue weighted by atomic mass is 10.1. The van der Waals surface area contributed by atoms with Crippen molar-refractivity contribution in [1.82, 2.24) is 9.78 Å². The summed E-state index contributed by atoms with van der Waals surface area (Å²) in [6, 6.07) is 8.41. The monoisotopic (exact) mass is 257 g/mol. The largest absolute Gasteiger partial charge is 0.507 e. The Bertz CT molecular complexity index is 549. The molecule has 0 spiro atoms. The molecule has 0 radical (unpaired) electrons. The Labute approximate surface area is 101 Å². The molecule has 2 N–H and O–H groups in total. The third-order valence-corrected chi connectivity index (χ3v) is 2.37. The summed E-state index contributed by atoms with van der Waals surface area (Å²) >= 11 is 0. The van der Waals surface area contributed by atoms with Crippen LogP contribution in [0, 0.1) is 0 Å². The molecular weight excluding hydrogens is 247 g/mol. The van der Waals surface area contributed by atoms with Crippen LogP contribution < -0.4 is 10.5 Å². The van der Waals surface area contributed by atoms with E-state index in [0.29, 0.717) is 5.56 Å². The average Bonchev–Trinajstić information content (AvgIpc) is 2.67. The number of benzene rings is 1. The molecule has 0 bridgehead atoms. The van der Waals surface area contributed by atoms with Crippen LogP contribution in [0.1, 0.15) is 0 Å². The molecule has 0 unspecified atom stereocenters. The van der Waals surface area contributed by atoms with Crippen LogP contribution in [0.15, 0.2) is 30.3 Å². The summed E-state index contributed by atoms with van der Waals surface area (Å²) in [4.78, 5) is 0. The van der Waals surface area contributed by atoms with E-state index >= 15 is 0 Å². The summed E-state index contributed by atoms with van der Waals surface area (Å²) in [5.74, 6) is -0.651. The second-order valence-electron chi connectivity index (χ2n) is 3.52. The molecule has 2 aromatic rings. The number of ether oxygens (including phenoxy) is 1. The van der Waals surface area contributed by atoms with Crippen LogP contribution in [0.4, 0.5) is 19.0 Å². The molecule has 4 nitrogen and oxygen atoms in total. The van der Waals surface area contributed by atoms with Crippen molar-refractivity contribution in [1.29, 1.82) is 0 Å². The van der Waals surface area contributed by atoms with Crippen LogP contribution in [0.2, 0.25) is 0 Å². The van der Waals surface area contributed by atoms with Gasteiger partial charge >= 0.3 is 6.30 Å². The van der Waals surface area contributed by atoms with Crippen LogP contribution in [-0.4, -0.2) is 16.9 Å². The van der Waals surface area contributed by atoms with Gasteiger partial charge in [-0.15, -0.1) is 23.0 Å². The van der Waals surface area contributed by atoms with Crippen LogP contribution in [0.25, 0.3) is 11.1 Å². The first-order valence-electron chi connectivity index (χ1n) is 5.00. The topological polar surface area (TPSA) is 53.1 Å². The summed E-state index contributed by atoms with van der Waals surface area (Å²) < 4.78 is 42.7. The highest BCUT2D eigenvalue weighted by atomic mass is 19.4. The number of alkyl halides is 3. The number of hydrogen-bond acceptors (Lipinski definition) is 3. The summed E-state index contributed by atoms with van der Waals surface area (Å²) in [7, 11) is 1.14. The summed E-state index contributed by atoms with van der Waals surface area (Å²) in [6.45, 7) is 0. The predicted octanol–water partition coefficient (Wildman–Crippen LogP) is 2.62. The Balaban J connectivity index is 2.66. The molecule has 1 aromatic carbocycles. The molecule has 0 aliphatic rings. The van der Waals surface area contributed by atoms with Crippen LogP contribution in [-0.2, 0) is 6.30 Å². The number of nitrogens with two attached hydrogens (primary N) is 1. The van der Waals surface area contributed by atoms with Crippen molar-refractivity contribution in [3.8, 4) is 17.0 Å². The van der Waals surface area contributed by atoms with Gasteiger partial charge in [0.1, 0.15) is 0 Å². The fourth-order valence-electron chi connectivity index (χ4n) is 1.66. The second kappa shape index (κ2) is 4.25. The highest BCUT2D eigenvalue weighted by Crippen LogP contribution is 2.39. The maximum Gasteiger partial charge on any atom is 0.507 e. The maximum atomic E-state index is 12.7. The predicted molar refractivity (Wildman–Crippen MR) is 59.9 cm³/mol. The minimum atomic E-state index is -4.67. The summed E-state index contributed by atoms with van der Waals surface area (Å²) in [5, 5.41) is 3.27. The van der Waals surface area contributed by atoms with Crippen LogP contribution in [0.3, 0.4) is 0 Å². The molecule has 18 heavy (non-hydrogen) atoms. The van der Waals surface area contributed by atoms with Gasteiger partial charge in [0.05, 0.1) is 12.7 Å². The maximum absolute atomic E-state index is 12.7. The third kappa shape index (κ3) is 1.99. The van der Waals surface area contributed by atoms with E-state index in [1.807, 2.05) is 0 Å². The molecule has 0 amide bonds. The quantitative estimate of drug-likeness (QED) is 0.899. The van der Waals surface area contributed by atoms with Gasteiger partial charge in [0.2, 0.25) is 5.88 Å². The van der Waals surface area contributed by atoms with Crippen LogP contribution >= 0.6 is 0 Å². The van der Waals surface area contributed by atoms with Crippen molar-refractivity contribution in [3.63, 3.8) is 0 Å². The summed E-state index contributed by atoms with van der Waals surface area (Å²) in [6.07, 6.45) is -4.67. The normalized spacial score (nSPS) is 11.6. The van der Waals surface area contributed by atoms with E-state index in [1.165, 1.54) is 0 Å². The van der Waals surface area contributed by atoms with Crippen molar-refractivity contribution in [3.05, 3.63) is 30.3 Å². The Morgan fingerprint density at radius 1 is 1.22 bits per heavy atom. The third-order valence-electron chi connectivity index (χ3n) is 2.37. The molecule has 7 heteroatoms. The van der Waals surface area contributed by atoms with Gasteiger partial charge in [-0.1, -0.05) is 30.3 Å². The molecule has 0 aliphatic carbocycles. The Kier molecular flexibility index (Phi) is 2.90. The SMILES string of the molecule is COc1c(-c2ccccc2)c(N)nn1C(F)(F)F. The number of nitrogen functional groups attached to an aromatic ring is 1. The van der Waals surface area contributed by atoms with E-state index in [2.05, 4.69) is 5.10 Å². The molecule has 1 heterocycles. The molecule has 96 valence electrons. The van der Waals surface area contributed by atoms with Crippen molar-refractivity contribution in [2.75, 3.05) is 12.8 Å². The number of anilines is 1. The number of aromatic nitrogens is 2. The fourth-order valence-corrected chi connectivity index (χ4v) is 1.66. The lowest BCUT2D eigenvalue weighted by Crippen LogP contribution is -2.19. The Morgan fingerprint density at radius 2 is 1.83 bits per heavy atom. The van der Waals surface area contributed by atoms with Crippen LogP contribution in [0.5, 0.6) is 5.88 Å². The number of rotatable bonds is 2. The van der Waals surface area contributed by atoms with E-state index in [-0.39, 0.29) is 16.1 Å². The van der Waals surface area contributed by atoms with E-state index < -0.39 is 12.2 Å². The highest BCUT2D eigenvalue weighted by Gasteiger charge is 2.37. The molecule has 0 fully saturated rings. The fraction of sp³-hybridized carbons (Fsp3) is 0.182. The molecular formula is C11H10F3N3O. The number of methoxy groups -OCH3 is 1. The first-order valence-corrected chi connectivity index (χ1v) is 5.00. The zero-order valence-corrected chi connectivity index (χ0v) is 9.40. The second-order valence-corrected chi connectivity index (χ2v) is 3.52. The number of nitrogens with zero attached hydrogens (tertiary/aromatic N) is 2. The van der Waals surface area contributed by atoms with Gasteiger partial charge < -0.3 is 10.5 Å². The van der Waals surface area contributed by atoms with Gasteiger partial charge in [-0.25, -0.2) is 0 Å². The van der Waals surface area contributed by atoms with Gasteiger partial charge in [-0.3, -0.25) is 0 Å². The van der Waals surface area contributed by atoms with Crippen molar-refractivity contribution >= 4 is 5.82 Å². The zero-order valence-electron chi connectivity index (χ0n) is 9.40. The van der Waals surface area contributed by atoms with Gasteiger partial charge in [0.15, 0.2) is 5.82 Å².